The van der Waals surface area contributed by atoms with Crippen LogP contribution in [0.2, 0.25) is 0 Å². The molecular formula is C8H16N8O. The number of amides is 1. The minimum Gasteiger partial charge on any atom is -0.388 e. The van der Waals surface area contributed by atoms with Gasteiger partial charge in [0.15, 0.2) is 0 Å². The van der Waals surface area contributed by atoms with E-state index in [1.165, 1.54) is 0 Å². The van der Waals surface area contributed by atoms with E-state index in [0.717, 1.165) is 0 Å². The van der Waals surface area contributed by atoms with Crippen LogP contribution in [-0.4, -0.2) is 45.0 Å². The molecule has 0 saturated heterocycles. The lowest BCUT2D eigenvalue weighted by Crippen LogP contribution is -2.36. The van der Waals surface area contributed by atoms with Crippen LogP contribution >= 0.6 is 0 Å². The van der Waals surface area contributed by atoms with Gasteiger partial charge in [-0.15, -0.1) is 5.10 Å². The molecule has 0 unspecified atom stereocenters. The molecule has 0 aliphatic carbocycles. The van der Waals surface area contributed by atoms with E-state index in [1.807, 2.05) is 0 Å². The van der Waals surface area contributed by atoms with Crippen molar-refractivity contribution in [1.29, 1.82) is 0 Å². The van der Waals surface area contributed by atoms with Gasteiger partial charge in [-0.2, -0.15) is 5.21 Å². The SMILES string of the molecule is CC(N)=NCCC[C@H](N)C(=O)Nc1nn[nH]n1. The molecule has 0 radical (unpaired) electrons. The Hall–Kier alpha value is -2.03. The Bertz CT molecular complexity index is 369. The minimum absolute atomic E-state index is 0.112. The van der Waals surface area contributed by atoms with Gasteiger partial charge in [-0.25, -0.2) is 0 Å². The lowest BCUT2D eigenvalue weighted by Gasteiger charge is -2.08. The summed E-state index contributed by atoms with van der Waals surface area (Å²) in [5.41, 5.74) is 11.0. The highest BCUT2D eigenvalue weighted by molar-refractivity contribution is 5.93. The van der Waals surface area contributed by atoms with Crippen LogP contribution in [0, 0.1) is 0 Å². The van der Waals surface area contributed by atoms with Crippen LogP contribution in [-0.2, 0) is 4.79 Å². The molecule has 6 N–H and O–H groups in total. The Morgan fingerprint density at radius 3 is 3.00 bits per heavy atom. The number of nitrogens with two attached hydrogens (primary N) is 2. The molecule has 0 fully saturated rings. The zero-order chi connectivity index (χ0) is 12.7. The maximum Gasteiger partial charge on any atom is 0.269 e. The predicted molar refractivity (Wildman–Crippen MR) is 62.2 cm³/mol. The third-order valence-corrected chi connectivity index (χ3v) is 1.95. The van der Waals surface area contributed by atoms with Crippen molar-refractivity contribution in [3.8, 4) is 0 Å². The summed E-state index contributed by atoms with van der Waals surface area (Å²) in [6.45, 7) is 2.27. The van der Waals surface area contributed by atoms with Crippen LogP contribution in [0.15, 0.2) is 4.99 Å². The Morgan fingerprint density at radius 1 is 1.65 bits per heavy atom. The number of rotatable bonds is 6. The zero-order valence-electron chi connectivity index (χ0n) is 9.55. The summed E-state index contributed by atoms with van der Waals surface area (Å²) in [5.74, 6) is 0.288. The van der Waals surface area contributed by atoms with E-state index < -0.39 is 6.04 Å². The Balaban J connectivity index is 2.25. The number of carbonyl (C=O) groups is 1. The van der Waals surface area contributed by atoms with E-state index in [0.29, 0.717) is 25.2 Å². The molecular weight excluding hydrogens is 224 g/mol. The van der Waals surface area contributed by atoms with Gasteiger partial charge in [0.1, 0.15) is 0 Å². The van der Waals surface area contributed by atoms with Crippen LogP contribution in [0.5, 0.6) is 0 Å². The van der Waals surface area contributed by atoms with Gasteiger partial charge in [0, 0.05) is 6.54 Å². The van der Waals surface area contributed by atoms with Gasteiger partial charge in [-0.3, -0.25) is 15.1 Å². The van der Waals surface area contributed by atoms with Crippen molar-refractivity contribution in [3.05, 3.63) is 0 Å². The standard InChI is InChI=1S/C8H16N8O/c1-5(9)11-4-2-3-6(10)7(17)12-8-13-15-16-14-8/h6H,2-4,10H2,1H3,(H2,9,11)(H2,12,13,14,15,16,17)/t6-/m0/s1. The largest absolute Gasteiger partial charge is 0.388 e. The second-order valence-electron chi connectivity index (χ2n) is 3.50. The second-order valence-corrected chi connectivity index (χ2v) is 3.50. The number of nitrogens with zero attached hydrogens (tertiary/aromatic N) is 4. The van der Waals surface area contributed by atoms with Crippen LogP contribution in [0.25, 0.3) is 0 Å². The number of nitrogens with one attached hydrogen (secondary N) is 2. The van der Waals surface area contributed by atoms with Crippen LogP contribution in [0.4, 0.5) is 5.95 Å². The summed E-state index contributed by atoms with van der Waals surface area (Å²) >= 11 is 0. The molecule has 1 aromatic heterocycles. The van der Waals surface area contributed by atoms with Crippen molar-refractivity contribution in [1.82, 2.24) is 20.6 Å². The number of amidine groups is 1. The molecule has 1 aromatic rings. The van der Waals surface area contributed by atoms with Gasteiger partial charge in [-0.05, 0) is 25.0 Å². The van der Waals surface area contributed by atoms with Gasteiger partial charge in [0.25, 0.3) is 5.95 Å². The molecule has 0 aromatic carbocycles. The number of aliphatic imine (C=N–C) groups is 1. The third kappa shape index (κ3) is 5.02. The molecule has 0 spiro atoms. The van der Waals surface area contributed by atoms with Crippen molar-refractivity contribution in [3.63, 3.8) is 0 Å². The highest BCUT2D eigenvalue weighted by Crippen LogP contribution is 1.99. The number of hydrogen-bond acceptors (Lipinski definition) is 6. The first-order chi connectivity index (χ1) is 8.09. The van der Waals surface area contributed by atoms with E-state index in [9.17, 15) is 4.79 Å². The summed E-state index contributed by atoms with van der Waals surface area (Å²) in [6.07, 6.45) is 1.20. The molecule has 94 valence electrons. The van der Waals surface area contributed by atoms with Crippen molar-refractivity contribution in [2.24, 2.45) is 16.5 Å². The first-order valence-corrected chi connectivity index (χ1v) is 5.16. The predicted octanol–water partition coefficient (Wildman–Crippen LogP) is -1.38. The fourth-order valence-electron chi connectivity index (χ4n) is 1.12. The van der Waals surface area contributed by atoms with Crippen LogP contribution in [0.3, 0.4) is 0 Å². The van der Waals surface area contributed by atoms with E-state index in [-0.39, 0.29) is 11.9 Å². The third-order valence-electron chi connectivity index (χ3n) is 1.95. The Morgan fingerprint density at radius 2 is 2.41 bits per heavy atom. The maximum atomic E-state index is 11.5. The average Bonchev–Trinajstić information content (AvgIpc) is 2.76. The normalized spacial score (nSPS) is 13.4. The van der Waals surface area contributed by atoms with E-state index in [2.05, 4.69) is 30.9 Å². The monoisotopic (exact) mass is 240 g/mol. The first-order valence-electron chi connectivity index (χ1n) is 5.16. The van der Waals surface area contributed by atoms with Crippen LogP contribution in [0.1, 0.15) is 19.8 Å². The topological polar surface area (TPSA) is 148 Å². The first kappa shape index (κ1) is 13.0. The summed E-state index contributed by atoms with van der Waals surface area (Å²) in [7, 11) is 0. The van der Waals surface area contributed by atoms with Gasteiger partial charge in [0.2, 0.25) is 5.91 Å². The number of anilines is 1. The average molecular weight is 240 g/mol. The molecule has 1 atom stereocenters. The molecule has 0 aliphatic rings. The molecule has 0 aliphatic heterocycles. The number of aromatic nitrogens is 4. The lowest BCUT2D eigenvalue weighted by molar-refractivity contribution is -0.117. The van der Waals surface area contributed by atoms with Crippen molar-refractivity contribution < 1.29 is 4.79 Å². The number of tetrazole rings is 1. The molecule has 1 amide bonds. The fraction of sp³-hybridized carbons (Fsp3) is 0.625. The highest BCUT2D eigenvalue weighted by atomic mass is 16.2. The molecule has 1 heterocycles. The number of carbonyl (C=O) groups excluding carboxylic acids is 1. The minimum atomic E-state index is -0.623. The fourth-order valence-corrected chi connectivity index (χ4v) is 1.12. The molecule has 17 heavy (non-hydrogen) atoms. The van der Waals surface area contributed by atoms with Crippen molar-refractivity contribution in [2.45, 2.75) is 25.8 Å². The summed E-state index contributed by atoms with van der Waals surface area (Å²) in [6, 6.07) is -0.623. The Kier molecular flexibility index (Phi) is 5.01. The smallest absolute Gasteiger partial charge is 0.269 e. The van der Waals surface area contributed by atoms with Crippen molar-refractivity contribution in [2.75, 3.05) is 11.9 Å². The molecule has 9 nitrogen and oxygen atoms in total. The summed E-state index contributed by atoms with van der Waals surface area (Å²) in [5, 5.41) is 15.1. The maximum absolute atomic E-state index is 11.5. The van der Waals surface area contributed by atoms with E-state index in [1.54, 1.807) is 6.92 Å². The molecule has 1 rings (SSSR count). The number of hydrogen-bond donors (Lipinski definition) is 4. The van der Waals surface area contributed by atoms with E-state index >= 15 is 0 Å². The molecule has 0 bridgehead atoms. The van der Waals surface area contributed by atoms with Crippen LogP contribution < -0.4 is 16.8 Å². The number of H-pyrrole nitrogens is 1. The van der Waals surface area contributed by atoms with Crippen molar-refractivity contribution >= 4 is 17.7 Å². The highest BCUT2D eigenvalue weighted by Gasteiger charge is 2.14. The zero-order valence-corrected chi connectivity index (χ0v) is 9.55. The van der Waals surface area contributed by atoms with Gasteiger partial charge < -0.3 is 11.5 Å². The summed E-state index contributed by atoms with van der Waals surface area (Å²) < 4.78 is 0. The second kappa shape index (κ2) is 6.53. The van der Waals surface area contributed by atoms with E-state index in [4.69, 9.17) is 11.5 Å². The Labute approximate surface area is 98.0 Å². The van der Waals surface area contributed by atoms with Gasteiger partial charge in [-0.1, -0.05) is 5.10 Å². The molecule has 9 heteroatoms. The number of aromatic amines is 1. The molecule has 0 saturated carbocycles. The lowest BCUT2D eigenvalue weighted by atomic mass is 10.1. The van der Waals surface area contributed by atoms with Gasteiger partial charge in [0.05, 0.1) is 11.9 Å². The summed E-state index contributed by atoms with van der Waals surface area (Å²) in [4.78, 5) is 15.5. The quantitative estimate of drug-likeness (QED) is 0.273. The van der Waals surface area contributed by atoms with Gasteiger partial charge >= 0.3 is 0 Å².